The van der Waals surface area contributed by atoms with Crippen molar-refractivity contribution in [3.63, 3.8) is 0 Å². The van der Waals surface area contributed by atoms with Gasteiger partial charge in [0.1, 0.15) is 12.4 Å². The van der Waals surface area contributed by atoms with Crippen LogP contribution in [0.5, 0.6) is 5.75 Å². The summed E-state index contributed by atoms with van der Waals surface area (Å²) in [7, 11) is 0. The van der Waals surface area contributed by atoms with Gasteiger partial charge in [0.2, 0.25) is 0 Å². The molecule has 5 rings (SSSR count). The minimum atomic E-state index is 0.517. The molecule has 2 aromatic heterocycles. The summed E-state index contributed by atoms with van der Waals surface area (Å²) in [6.45, 7) is 0.517. The van der Waals surface area contributed by atoms with E-state index in [2.05, 4.69) is 17.1 Å². The van der Waals surface area contributed by atoms with Crippen LogP contribution in [0, 0.1) is 0 Å². The quantitative estimate of drug-likeness (QED) is 0.428. The average Bonchev–Trinajstić information content (AvgIpc) is 2.60. The summed E-state index contributed by atoms with van der Waals surface area (Å²) in [6, 6.07) is 15.9. The van der Waals surface area contributed by atoms with Crippen molar-refractivity contribution in [2.24, 2.45) is 0 Å². The Kier molecular flexibility index (Phi) is 2.61. The maximum Gasteiger partial charge on any atom is 0.129 e. The molecule has 110 valence electrons. The van der Waals surface area contributed by atoms with E-state index >= 15 is 0 Å². The van der Waals surface area contributed by atoms with E-state index in [0.29, 0.717) is 11.6 Å². The van der Waals surface area contributed by atoms with E-state index in [9.17, 15) is 0 Å². The van der Waals surface area contributed by atoms with Crippen molar-refractivity contribution >= 4 is 33.4 Å². The Morgan fingerprint density at radius 1 is 0.957 bits per heavy atom. The molecule has 0 atom stereocenters. The molecule has 23 heavy (non-hydrogen) atoms. The summed E-state index contributed by atoms with van der Waals surface area (Å²) in [5.74, 6) is 0.822. The maximum absolute atomic E-state index is 6.14. The molecule has 3 heterocycles. The third-order valence-corrected chi connectivity index (χ3v) is 4.47. The van der Waals surface area contributed by atoms with E-state index in [-0.39, 0.29) is 0 Å². The minimum Gasteiger partial charge on any atom is -0.488 e. The average molecular weight is 319 g/mol. The summed E-state index contributed by atoms with van der Waals surface area (Å²) in [6.07, 6.45) is 1.83. The van der Waals surface area contributed by atoms with Crippen LogP contribution >= 0.6 is 11.6 Å². The van der Waals surface area contributed by atoms with Gasteiger partial charge in [-0.3, -0.25) is 4.98 Å². The van der Waals surface area contributed by atoms with Gasteiger partial charge < -0.3 is 4.74 Å². The molecule has 0 saturated carbocycles. The van der Waals surface area contributed by atoms with Gasteiger partial charge in [0, 0.05) is 26.9 Å². The Balaban J connectivity index is 1.86. The summed E-state index contributed by atoms with van der Waals surface area (Å²) < 4.78 is 5.85. The number of ether oxygens (including phenoxy) is 1. The third kappa shape index (κ3) is 1.90. The molecule has 0 N–H and O–H groups in total. The molecule has 0 saturated heterocycles. The number of nitrogens with zero attached hydrogens (tertiary/aromatic N) is 2. The monoisotopic (exact) mass is 318 g/mol. The van der Waals surface area contributed by atoms with E-state index in [1.807, 2.05) is 42.6 Å². The fourth-order valence-electron chi connectivity index (χ4n) is 3.14. The zero-order chi connectivity index (χ0) is 15.4. The highest BCUT2D eigenvalue weighted by atomic mass is 35.5. The van der Waals surface area contributed by atoms with Crippen LogP contribution in [0.2, 0.25) is 5.02 Å². The molecule has 3 nitrogen and oxygen atoms in total. The normalized spacial score (nSPS) is 12.7. The number of pyridine rings is 2. The van der Waals surface area contributed by atoms with Crippen molar-refractivity contribution in [2.45, 2.75) is 6.61 Å². The highest BCUT2D eigenvalue weighted by molar-refractivity contribution is 6.31. The highest BCUT2D eigenvalue weighted by Crippen LogP contribution is 2.39. The van der Waals surface area contributed by atoms with Crippen LogP contribution in [0.1, 0.15) is 5.56 Å². The number of fused-ring (bicyclic) bond motifs is 6. The second kappa shape index (κ2) is 4.67. The number of rotatable bonds is 0. The number of hydrogen-bond acceptors (Lipinski definition) is 3. The first-order valence-corrected chi connectivity index (χ1v) is 7.77. The molecule has 0 amide bonds. The lowest BCUT2D eigenvalue weighted by Crippen LogP contribution is -2.07. The molecule has 1 aliphatic rings. The van der Waals surface area contributed by atoms with E-state index in [4.69, 9.17) is 21.3 Å². The lowest BCUT2D eigenvalue weighted by atomic mass is 10.00. The van der Waals surface area contributed by atoms with Crippen molar-refractivity contribution in [1.82, 2.24) is 9.97 Å². The van der Waals surface area contributed by atoms with Crippen molar-refractivity contribution in [1.29, 1.82) is 0 Å². The summed E-state index contributed by atoms with van der Waals surface area (Å²) in [4.78, 5) is 9.36. The molecule has 2 aromatic carbocycles. The lowest BCUT2D eigenvalue weighted by Gasteiger charge is -2.21. The Labute approximate surface area is 137 Å². The van der Waals surface area contributed by atoms with E-state index in [1.165, 1.54) is 0 Å². The zero-order valence-corrected chi connectivity index (χ0v) is 12.8. The van der Waals surface area contributed by atoms with Crippen molar-refractivity contribution in [3.05, 3.63) is 65.3 Å². The van der Waals surface area contributed by atoms with Crippen molar-refractivity contribution in [3.8, 4) is 17.0 Å². The lowest BCUT2D eigenvalue weighted by molar-refractivity contribution is 0.302. The summed E-state index contributed by atoms with van der Waals surface area (Å²) >= 11 is 6.14. The predicted octanol–water partition coefficient (Wildman–Crippen LogP) is 5.00. The van der Waals surface area contributed by atoms with Gasteiger partial charge in [-0.2, -0.15) is 0 Å². The highest BCUT2D eigenvalue weighted by Gasteiger charge is 2.20. The minimum absolute atomic E-state index is 0.517. The van der Waals surface area contributed by atoms with Gasteiger partial charge in [-0.05, 0) is 30.3 Å². The Bertz CT molecular complexity index is 1090. The van der Waals surface area contributed by atoms with Crippen LogP contribution in [0.3, 0.4) is 0 Å². The second-order valence-corrected chi connectivity index (χ2v) is 6.07. The summed E-state index contributed by atoms with van der Waals surface area (Å²) in [5.41, 5.74) is 4.80. The Morgan fingerprint density at radius 2 is 1.87 bits per heavy atom. The molecule has 1 aliphatic heterocycles. The molecule has 0 radical (unpaired) electrons. The van der Waals surface area contributed by atoms with Crippen LogP contribution in [-0.2, 0) is 6.61 Å². The van der Waals surface area contributed by atoms with Crippen molar-refractivity contribution < 1.29 is 4.74 Å². The fraction of sp³-hybridized carbons (Fsp3) is 0.0526. The maximum atomic E-state index is 6.14. The molecule has 4 aromatic rings. The number of halogens is 1. The first-order valence-electron chi connectivity index (χ1n) is 7.40. The number of para-hydroxylation sites is 1. The first kappa shape index (κ1) is 12.9. The van der Waals surface area contributed by atoms with E-state index < -0.39 is 0 Å². The Hall–Kier alpha value is -2.65. The Morgan fingerprint density at radius 3 is 2.83 bits per heavy atom. The van der Waals surface area contributed by atoms with Crippen LogP contribution in [-0.4, -0.2) is 9.97 Å². The van der Waals surface area contributed by atoms with Gasteiger partial charge in [0.05, 0.1) is 22.9 Å². The molecular weight excluding hydrogens is 308 g/mol. The van der Waals surface area contributed by atoms with E-state index in [0.717, 1.165) is 44.4 Å². The smallest absolute Gasteiger partial charge is 0.129 e. The SMILES string of the molecule is Clc1ccc2c(c1)-c1nc3cnc4ccccc4c3cc1CO2. The van der Waals surface area contributed by atoms with Gasteiger partial charge in [-0.1, -0.05) is 29.8 Å². The first-order chi connectivity index (χ1) is 11.3. The number of benzene rings is 2. The third-order valence-electron chi connectivity index (χ3n) is 4.23. The standard InChI is InChI=1S/C19H11ClN2O/c20-12-5-6-18-15(8-12)19-11(10-23-18)7-14-13-3-1-2-4-16(13)21-9-17(14)22-19/h1-9H,10H2. The topological polar surface area (TPSA) is 35.0 Å². The van der Waals surface area contributed by atoms with Crippen molar-refractivity contribution in [2.75, 3.05) is 0 Å². The zero-order valence-electron chi connectivity index (χ0n) is 12.1. The van der Waals surface area contributed by atoms with Crippen LogP contribution in [0.15, 0.2) is 54.7 Å². The molecule has 0 spiro atoms. The van der Waals surface area contributed by atoms with E-state index in [1.54, 1.807) is 0 Å². The predicted molar refractivity (Wildman–Crippen MR) is 91.8 cm³/mol. The summed E-state index contributed by atoms with van der Waals surface area (Å²) in [5, 5.41) is 2.89. The number of aromatic nitrogens is 2. The molecule has 0 unspecified atom stereocenters. The van der Waals surface area contributed by atoms with Gasteiger partial charge in [0.15, 0.2) is 0 Å². The molecule has 0 bridgehead atoms. The van der Waals surface area contributed by atoms with Gasteiger partial charge in [-0.15, -0.1) is 0 Å². The molecule has 0 aliphatic carbocycles. The van der Waals surface area contributed by atoms with Gasteiger partial charge in [-0.25, -0.2) is 4.98 Å². The molecule has 4 heteroatoms. The molecule has 0 fully saturated rings. The number of hydrogen-bond donors (Lipinski definition) is 0. The fourth-order valence-corrected chi connectivity index (χ4v) is 3.31. The second-order valence-electron chi connectivity index (χ2n) is 5.63. The van der Waals surface area contributed by atoms with Gasteiger partial charge in [0.25, 0.3) is 0 Å². The van der Waals surface area contributed by atoms with Crippen LogP contribution in [0.25, 0.3) is 33.1 Å². The van der Waals surface area contributed by atoms with Crippen LogP contribution in [0.4, 0.5) is 0 Å². The molecular formula is C19H11ClN2O. The largest absolute Gasteiger partial charge is 0.488 e. The van der Waals surface area contributed by atoms with Gasteiger partial charge >= 0.3 is 0 Å². The van der Waals surface area contributed by atoms with Crippen LogP contribution < -0.4 is 4.74 Å².